The molecule has 4 aromatic carbocycles. The van der Waals surface area contributed by atoms with Gasteiger partial charge in [0.05, 0.1) is 6.10 Å². The number of unbranched alkanes of at least 4 members (excludes halogenated alkanes) is 2. The van der Waals surface area contributed by atoms with Gasteiger partial charge in [0.1, 0.15) is 11.5 Å². The molecule has 0 radical (unpaired) electrons. The highest BCUT2D eigenvalue weighted by Gasteiger charge is 2.46. The first-order chi connectivity index (χ1) is 24.2. The first-order valence-electron chi connectivity index (χ1n) is 18.9. The highest BCUT2D eigenvalue weighted by Crippen LogP contribution is 2.49. The lowest BCUT2D eigenvalue weighted by molar-refractivity contribution is -0.191. The summed E-state index contributed by atoms with van der Waals surface area (Å²) in [6.07, 6.45) is 12.3. The van der Waals surface area contributed by atoms with Gasteiger partial charge < -0.3 is 14.2 Å². The summed E-state index contributed by atoms with van der Waals surface area (Å²) in [6.45, 7) is 3.05. The van der Waals surface area contributed by atoms with Gasteiger partial charge in [0, 0.05) is 35.6 Å². The predicted molar refractivity (Wildman–Crippen MR) is 196 cm³/mol. The molecule has 2 fully saturated rings. The number of carbonyl (C=O) groups excluding carboxylic acids is 1. The number of hydrogen-bond donors (Lipinski definition) is 0. The van der Waals surface area contributed by atoms with Crippen LogP contribution in [0, 0.1) is 17.8 Å². The Balaban J connectivity index is 1.15. The lowest BCUT2D eigenvalue weighted by atomic mass is 9.73. The minimum Gasteiger partial charge on any atom is -0.473 e. The number of ketones is 1. The van der Waals surface area contributed by atoms with E-state index >= 15 is 0 Å². The molecule has 0 amide bonds. The van der Waals surface area contributed by atoms with Crippen LogP contribution in [0.15, 0.2) is 109 Å². The van der Waals surface area contributed by atoms with E-state index in [2.05, 4.69) is 116 Å². The van der Waals surface area contributed by atoms with Crippen molar-refractivity contribution >= 4 is 5.78 Å². The molecule has 0 N–H and O–H groups in total. The van der Waals surface area contributed by atoms with Gasteiger partial charge in [-0.1, -0.05) is 129 Å². The van der Waals surface area contributed by atoms with E-state index in [9.17, 15) is 4.79 Å². The second kappa shape index (κ2) is 15.9. The average molecular weight is 657 g/mol. The Labute approximate surface area is 293 Å². The Bertz CT molecular complexity index is 1530. The molecule has 4 aromatic rings. The molecule has 0 aromatic heterocycles. The summed E-state index contributed by atoms with van der Waals surface area (Å²) in [5, 5.41) is 0. The van der Waals surface area contributed by atoms with Crippen LogP contribution in [0.2, 0.25) is 0 Å². The SMILES string of the molecule is CCCCC[C@H](CCC1C(=O)C[C@@H]2Cc3c(cccc3OC(c3ccccc3)(c3ccccc3)c3ccccc3)C[C@H]12)OC1CCCCO1. The number of rotatable bonds is 14. The molecule has 0 bridgehead atoms. The lowest BCUT2D eigenvalue weighted by Gasteiger charge is -2.38. The normalized spacial score (nSPS) is 22.7. The quantitative estimate of drug-likeness (QED) is 0.100. The summed E-state index contributed by atoms with van der Waals surface area (Å²) in [5.74, 6) is 2.18. The van der Waals surface area contributed by atoms with Crippen LogP contribution in [-0.2, 0) is 32.7 Å². The molecule has 49 heavy (non-hydrogen) atoms. The number of Topliss-reactive ketones (excluding diaryl/α,β-unsaturated/α-hetero) is 1. The van der Waals surface area contributed by atoms with Crippen LogP contribution in [0.4, 0.5) is 0 Å². The van der Waals surface area contributed by atoms with Gasteiger partial charge >= 0.3 is 0 Å². The molecule has 1 aliphatic heterocycles. The van der Waals surface area contributed by atoms with Gasteiger partial charge in [0.25, 0.3) is 0 Å². The Kier molecular flexibility index (Phi) is 10.9. The maximum atomic E-state index is 13.7. The van der Waals surface area contributed by atoms with Crippen LogP contribution in [0.25, 0.3) is 0 Å². The Morgan fingerprint density at radius 1 is 0.755 bits per heavy atom. The van der Waals surface area contributed by atoms with Crippen molar-refractivity contribution in [1.82, 2.24) is 0 Å². The summed E-state index contributed by atoms with van der Waals surface area (Å²) < 4.78 is 20.0. The topological polar surface area (TPSA) is 44.8 Å². The van der Waals surface area contributed by atoms with Crippen LogP contribution in [0.5, 0.6) is 5.75 Å². The second-order valence-corrected chi connectivity index (χ2v) is 14.5. The van der Waals surface area contributed by atoms with E-state index < -0.39 is 5.60 Å². The largest absolute Gasteiger partial charge is 0.473 e. The number of ether oxygens (including phenoxy) is 3. The minimum atomic E-state index is -0.835. The molecule has 4 heteroatoms. The highest BCUT2D eigenvalue weighted by molar-refractivity contribution is 5.84. The standard InChI is InChI=1S/C45H52O4/c1-2-3-7-24-38(48-44-26-14-15-29-47-44)27-28-39-40-30-33-17-16-25-43(41(33)31-34(40)32-42(39)46)49-45(35-18-8-4-9-19-35,36-20-10-5-11-21-36)37-22-12-6-13-23-37/h4-6,8-13,16-23,25,34,38-40,44H,2-3,7,14-15,24,26-32H2,1H3/t34-,38+,39?,40-,44?/m0/s1. The fourth-order valence-electron chi connectivity index (χ4n) is 8.84. The highest BCUT2D eigenvalue weighted by atomic mass is 16.7. The molecular weight excluding hydrogens is 604 g/mol. The fourth-order valence-corrected chi connectivity index (χ4v) is 8.84. The molecular formula is C45H52O4. The van der Waals surface area contributed by atoms with Crippen LogP contribution in [0.1, 0.15) is 98.9 Å². The number of hydrogen-bond acceptors (Lipinski definition) is 4. The van der Waals surface area contributed by atoms with Crippen molar-refractivity contribution < 1.29 is 19.0 Å². The molecule has 2 unspecified atom stereocenters. The van der Waals surface area contributed by atoms with Gasteiger partial charge in [-0.2, -0.15) is 0 Å². The van der Waals surface area contributed by atoms with Gasteiger partial charge in [0.2, 0.25) is 0 Å². The van der Waals surface area contributed by atoms with Crippen LogP contribution in [-0.4, -0.2) is 24.8 Å². The van der Waals surface area contributed by atoms with E-state index in [0.717, 1.165) is 74.0 Å². The zero-order valence-corrected chi connectivity index (χ0v) is 29.1. The van der Waals surface area contributed by atoms with E-state index in [1.807, 2.05) is 0 Å². The minimum absolute atomic E-state index is 0.0813. The van der Waals surface area contributed by atoms with Crippen molar-refractivity contribution in [3.05, 3.63) is 137 Å². The maximum Gasteiger partial charge on any atom is 0.184 e. The molecule has 3 aliphatic rings. The van der Waals surface area contributed by atoms with Crippen molar-refractivity contribution in [1.29, 1.82) is 0 Å². The Hall–Kier alpha value is -3.73. The van der Waals surface area contributed by atoms with E-state index in [1.165, 1.54) is 36.8 Å². The molecule has 4 nitrogen and oxygen atoms in total. The first-order valence-corrected chi connectivity index (χ1v) is 18.9. The fraction of sp³-hybridized carbons (Fsp3) is 0.444. The van der Waals surface area contributed by atoms with Crippen LogP contribution >= 0.6 is 0 Å². The van der Waals surface area contributed by atoms with Gasteiger partial charge in [-0.05, 0) is 80.4 Å². The summed E-state index contributed by atoms with van der Waals surface area (Å²) in [7, 11) is 0. The smallest absolute Gasteiger partial charge is 0.184 e. The van der Waals surface area contributed by atoms with Crippen molar-refractivity contribution in [2.45, 2.75) is 102 Å². The molecule has 5 atom stereocenters. The molecule has 256 valence electrons. The molecule has 1 saturated heterocycles. The van der Waals surface area contributed by atoms with Crippen molar-refractivity contribution in [2.24, 2.45) is 17.8 Å². The monoisotopic (exact) mass is 656 g/mol. The van der Waals surface area contributed by atoms with Crippen LogP contribution < -0.4 is 4.74 Å². The van der Waals surface area contributed by atoms with Gasteiger partial charge in [-0.25, -0.2) is 0 Å². The Morgan fingerprint density at radius 3 is 2.04 bits per heavy atom. The summed E-state index contributed by atoms with van der Waals surface area (Å²) in [5.41, 5.74) is 5.02. The van der Waals surface area contributed by atoms with Gasteiger partial charge in [-0.3, -0.25) is 4.79 Å². The molecule has 1 heterocycles. The molecule has 1 saturated carbocycles. The molecule has 0 spiro atoms. The maximum absolute atomic E-state index is 13.7. The third-order valence-electron chi connectivity index (χ3n) is 11.4. The number of benzene rings is 4. The Morgan fingerprint density at radius 2 is 1.43 bits per heavy atom. The summed E-state index contributed by atoms with van der Waals surface area (Å²) in [6, 6.07) is 38.3. The van der Waals surface area contributed by atoms with Gasteiger partial charge in [-0.15, -0.1) is 0 Å². The van der Waals surface area contributed by atoms with E-state index in [4.69, 9.17) is 14.2 Å². The van der Waals surface area contributed by atoms with Crippen molar-refractivity contribution in [3.8, 4) is 5.75 Å². The first kappa shape index (κ1) is 33.8. The molecule has 2 aliphatic carbocycles. The number of carbonyl (C=O) groups is 1. The molecule has 7 rings (SSSR count). The lowest BCUT2D eigenvalue weighted by Crippen LogP contribution is -2.37. The number of fused-ring (bicyclic) bond motifs is 2. The average Bonchev–Trinajstić information content (AvgIpc) is 3.46. The van der Waals surface area contributed by atoms with Gasteiger partial charge in [0.15, 0.2) is 11.9 Å². The van der Waals surface area contributed by atoms with Crippen LogP contribution in [0.3, 0.4) is 0 Å². The van der Waals surface area contributed by atoms with E-state index in [0.29, 0.717) is 24.0 Å². The summed E-state index contributed by atoms with van der Waals surface area (Å²) in [4.78, 5) is 13.7. The van der Waals surface area contributed by atoms with Crippen molar-refractivity contribution in [2.75, 3.05) is 6.61 Å². The second-order valence-electron chi connectivity index (χ2n) is 14.5. The third kappa shape index (κ3) is 7.42. The zero-order valence-electron chi connectivity index (χ0n) is 29.1. The third-order valence-corrected chi connectivity index (χ3v) is 11.4. The summed E-state index contributed by atoms with van der Waals surface area (Å²) >= 11 is 0. The zero-order chi connectivity index (χ0) is 33.5. The van der Waals surface area contributed by atoms with Crippen molar-refractivity contribution in [3.63, 3.8) is 0 Å². The van der Waals surface area contributed by atoms with E-state index in [1.54, 1.807) is 0 Å². The van der Waals surface area contributed by atoms with E-state index in [-0.39, 0.29) is 18.3 Å². The predicted octanol–water partition coefficient (Wildman–Crippen LogP) is 10.2.